The topological polar surface area (TPSA) is 142 Å². The molecule has 1 amide bonds. The molecule has 3 aliphatic heterocycles. The van der Waals surface area contributed by atoms with Crippen LogP contribution in [0, 0.1) is 0 Å². The number of hydrogen-bond donors (Lipinski definition) is 3. The number of carboxylic acid groups (broad SMARTS) is 1. The number of aliphatic carboxylic acids is 1. The molecule has 41 heavy (non-hydrogen) atoms. The molecule has 0 spiro atoms. The van der Waals surface area contributed by atoms with Crippen molar-refractivity contribution in [3.05, 3.63) is 92.1 Å². The van der Waals surface area contributed by atoms with Crippen LogP contribution in [0.3, 0.4) is 0 Å². The minimum atomic E-state index is -1.12. The van der Waals surface area contributed by atoms with Crippen LogP contribution in [-0.2, 0) is 16.0 Å². The molecule has 12 heteroatoms. The monoisotopic (exact) mass is 591 g/mol. The first-order chi connectivity index (χ1) is 19.9. The lowest BCUT2D eigenvalue weighted by molar-refractivity contribution is -0.178. The Kier molecular flexibility index (Phi) is 7.63. The Hall–Kier alpha value is -3.97. The van der Waals surface area contributed by atoms with E-state index in [1.165, 1.54) is 40.1 Å². The highest BCUT2D eigenvalue weighted by Gasteiger charge is 2.54. The van der Waals surface area contributed by atoms with E-state index in [2.05, 4.69) is 10.3 Å². The quantitative estimate of drug-likeness (QED) is 0.262. The van der Waals surface area contributed by atoms with Crippen LogP contribution in [0.25, 0.3) is 22.6 Å². The van der Waals surface area contributed by atoms with E-state index in [0.29, 0.717) is 39.6 Å². The summed E-state index contributed by atoms with van der Waals surface area (Å²) < 4.78 is 11.7. The van der Waals surface area contributed by atoms with Gasteiger partial charge in [-0.05, 0) is 52.8 Å². The number of nitrogens with one attached hydrogen (secondary N) is 1. The zero-order valence-electron chi connectivity index (χ0n) is 21.5. The summed E-state index contributed by atoms with van der Waals surface area (Å²) in [6.45, 7) is 0.152. The molecule has 1 aromatic heterocycles. The SMILES string of the molecule is O=C(Cc1cccs1)NC1C(O)N2C(C(=O)O)C(/C=C\COc3ccc4nc5ccc(=O)cc-5oc4c3)=CSCC12. The maximum atomic E-state index is 12.5. The molecule has 1 saturated heterocycles. The van der Waals surface area contributed by atoms with E-state index >= 15 is 0 Å². The molecule has 0 radical (unpaired) electrons. The van der Waals surface area contributed by atoms with E-state index in [9.17, 15) is 24.6 Å². The van der Waals surface area contributed by atoms with Gasteiger partial charge in [-0.15, -0.1) is 23.1 Å². The number of aliphatic hydroxyl groups is 1. The third kappa shape index (κ3) is 5.64. The molecule has 0 bridgehead atoms. The van der Waals surface area contributed by atoms with Crippen LogP contribution in [-0.4, -0.2) is 68.7 Å². The van der Waals surface area contributed by atoms with Crippen molar-refractivity contribution in [2.24, 2.45) is 0 Å². The zero-order valence-corrected chi connectivity index (χ0v) is 23.1. The summed E-state index contributed by atoms with van der Waals surface area (Å²) in [5.74, 6) is 0.131. The summed E-state index contributed by atoms with van der Waals surface area (Å²) >= 11 is 2.93. The number of aliphatic hydroxyl groups excluding tert-OH is 1. The van der Waals surface area contributed by atoms with E-state index < -0.39 is 24.3 Å². The zero-order chi connectivity index (χ0) is 28.5. The summed E-state index contributed by atoms with van der Waals surface area (Å²) in [5, 5.41) is 27.5. The molecule has 2 aromatic rings. The van der Waals surface area contributed by atoms with E-state index in [1.54, 1.807) is 41.8 Å². The van der Waals surface area contributed by atoms with Gasteiger partial charge in [0.05, 0.1) is 12.5 Å². The standard InChI is InChI=1S/C29H25N3O7S2/c33-17-5-7-20-23(11-17)39-24-12-18(6-8-21(24)30-20)38-9-1-3-16-14-40-15-22-26(28(35)32(22)27(16)29(36)37)31-25(34)13-19-4-2-10-41-19/h1-8,10-12,14,22,26-28,35H,9,13,15H2,(H,31,34)(H,36,37)/b3-1-. The van der Waals surface area contributed by atoms with Gasteiger partial charge in [-0.2, -0.15) is 0 Å². The number of benzene rings is 2. The van der Waals surface area contributed by atoms with Crippen LogP contribution < -0.4 is 15.5 Å². The summed E-state index contributed by atoms with van der Waals surface area (Å²) in [7, 11) is 0. The molecule has 4 atom stereocenters. The van der Waals surface area contributed by atoms with Crippen molar-refractivity contribution >= 4 is 46.1 Å². The number of fused-ring (bicyclic) bond motifs is 3. The molecular weight excluding hydrogens is 566 g/mol. The number of rotatable bonds is 8. The molecule has 1 fully saturated rings. The van der Waals surface area contributed by atoms with Gasteiger partial charge < -0.3 is 24.7 Å². The molecule has 3 N–H and O–H groups in total. The number of aromatic nitrogens is 1. The van der Waals surface area contributed by atoms with Gasteiger partial charge in [0, 0.05) is 28.8 Å². The first kappa shape index (κ1) is 27.2. The Bertz CT molecular complexity index is 1680. The van der Waals surface area contributed by atoms with Crippen molar-refractivity contribution < 1.29 is 29.0 Å². The Morgan fingerprint density at radius 1 is 1.22 bits per heavy atom. The number of nitrogens with zero attached hydrogens (tertiary/aromatic N) is 2. The lowest BCUT2D eigenvalue weighted by atomic mass is 9.89. The highest BCUT2D eigenvalue weighted by atomic mass is 32.2. The van der Waals surface area contributed by atoms with Gasteiger partial charge in [-0.3, -0.25) is 19.3 Å². The fraction of sp³-hybridized carbons (Fsp3) is 0.241. The molecule has 10 nitrogen and oxygen atoms in total. The highest BCUT2D eigenvalue weighted by molar-refractivity contribution is 8.02. The number of carboxylic acids is 1. The number of carbonyl (C=O) groups is 2. The minimum absolute atomic E-state index is 0.152. The van der Waals surface area contributed by atoms with Gasteiger partial charge in [0.2, 0.25) is 5.91 Å². The molecule has 0 saturated carbocycles. The maximum Gasteiger partial charge on any atom is 0.325 e. The second-order valence-corrected chi connectivity index (χ2v) is 11.6. The fourth-order valence-electron chi connectivity index (χ4n) is 5.06. The van der Waals surface area contributed by atoms with Gasteiger partial charge in [0.1, 0.15) is 35.8 Å². The molecule has 4 unspecified atom stereocenters. The minimum Gasteiger partial charge on any atom is -0.489 e. The normalized spacial score (nSPS) is 22.6. The van der Waals surface area contributed by atoms with Crippen molar-refractivity contribution in [2.75, 3.05) is 12.4 Å². The fourth-order valence-corrected chi connectivity index (χ4v) is 6.84. The van der Waals surface area contributed by atoms with Crippen molar-refractivity contribution in [2.45, 2.75) is 30.8 Å². The van der Waals surface area contributed by atoms with Crippen LogP contribution in [0.4, 0.5) is 0 Å². The number of amides is 1. The Morgan fingerprint density at radius 2 is 2.10 bits per heavy atom. The van der Waals surface area contributed by atoms with E-state index in [1.807, 2.05) is 17.5 Å². The van der Waals surface area contributed by atoms with E-state index in [-0.39, 0.29) is 30.4 Å². The molecular formula is C29H25N3O7S2. The average molecular weight is 592 g/mol. The van der Waals surface area contributed by atoms with Crippen molar-refractivity contribution in [3.63, 3.8) is 0 Å². The molecule has 4 heterocycles. The summed E-state index contributed by atoms with van der Waals surface area (Å²) in [6, 6.07) is 11.4. The second-order valence-electron chi connectivity index (χ2n) is 9.66. The number of thioether (sulfide) groups is 1. The Balaban J connectivity index is 1.10. The third-order valence-electron chi connectivity index (χ3n) is 6.98. The number of thiophene rings is 1. The number of ether oxygens (including phenoxy) is 1. The first-order valence-corrected chi connectivity index (χ1v) is 14.8. The van der Waals surface area contributed by atoms with Crippen molar-refractivity contribution in [3.8, 4) is 17.2 Å². The first-order valence-electron chi connectivity index (χ1n) is 12.8. The van der Waals surface area contributed by atoms with Crippen LogP contribution in [0.1, 0.15) is 4.88 Å². The van der Waals surface area contributed by atoms with Gasteiger partial charge in [0.25, 0.3) is 0 Å². The Morgan fingerprint density at radius 3 is 2.90 bits per heavy atom. The molecule has 210 valence electrons. The van der Waals surface area contributed by atoms with E-state index in [4.69, 9.17) is 9.15 Å². The Labute approximate surface area is 242 Å². The lowest BCUT2D eigenvalue weighted by Gasteiger charge is -2.53. The number of carbonyl (C=O) groups excluding carboxylic acids is 1. The predicted molar refractivity (Wildman–Crippen MR) is 155 cm³/mol. The molecule has 6 rings (SSSR count). The van der Waals surface area contributed by atoms with Crippen LogP contribution in [0.15, 0.2) is 86.3 Å². The van der Waals surface area contributed by atoms with E-state index in [0.717, 1.165) is 4.88 Å². The van der Waals surface area contributed by atoms with Crippen LogP contribution in [0.2, 0.25) is 0 Å². The van der Waals surface area contributed by atoms with Gasteiger partial charge in [-0.1, -0.05) is 12.1 Å². The van der Waals surface area contributed by atoms with Crippen LogP contribution in [0.5, 0.6) is 5.75 Å². The second kappa shape index (κ2) is 11.5. The average Bonchev–Trinajstić information content (AvgIpc) is 3.39. The van der Waals surface area contributed by atoms with Gasteiger partial charge in [-0.25, -0.2) is 4.98 Å². The maximum absolute atomic E-state index is 12.5. The number of hydrogen-bond acceptors (Lipinski definition) is 10. The van der Waals surface area contributed by atoms with Crippen LogP contribution >= 0.6 is 23.1 Å². The summed E-state index contributed by atoms with van der Waals surface area (Å²) in [5.41, 5.74) is 2.00. The predicted octanol–water partition coefficient (Wildman–Crippen LogP) is 3.10. The third-order valence-corrected chi connectivity index (χ3v) is 8.83. The summed E-state index contributed by atoms with van der Waals surface area (Å²) in [4.78, 5) is 43.4. The highest BCUT2D eigenvalue weighted by Crippen LogP contribution is 2.37. The molecule has 1 aliphatic carbocycles. The van der Waals surface area contributed by atoms with Crippen molar-refractivity contribution in [1.29, 1.82) is 0 Å². The lowest BCUT2D eigenvalue weighted by Crippen LogP contribution is -2.76. The smallest absolute Gasteiger partial charge is 0.325 e. The van der Waals surface area contributed by atoms with Crippen molar-refractivity contribution in [1.82, 2.24) is 15.2 Å². The van der Waals surface area contributed by atoms with Gasteiger partial charge >= 0.3 is 5.97 Å². The summed E-state index contributed by atoms with van der Waals surface area (Å²) in [6.07, 6.45) is 2.48. The molecule has 1 aromatic carbocycles. The van der Waals surface area contributed by atoms with Gasteiger partial charge in [0.15, 0.2) is 16.8 Å². The molecule has 4 aliphatic rings. The largest absolute Gasteiger partial charge is 0.489 e.